The van der Waals surface area contributed by atoms with Crippen LogP contribution in [0.5, 0.6) is 5.75 Å². The van der Waals surface area contributed by atoms with Crippen molar-refractivity contribution in [2.24, 2.45) is 0 Å². The van der Waals surface area contributed by atoms with Gasteiger partial charge >= 0.3 is 0 Å². The quantitative estimate of drug-likeness (QED) is 0.263. The Hall–Kier alpha value is -2.55. The van der Waals surface area contributed by atoms with Gasteiger partial charge in [-0.25, -0.2) is 15.0 Å². The summed E-state index contributed by atoms with van der Waals surface area (Å²) in [5, 5.41) is 40.7. The molecule has 3 aromatic rings. The van der Waals surface area contributed by atoms with Gasteiger partial charge in [-0.05, 0) is 12.1 Å². The summed E-state index contributed by atoms with van der Waals surface area (Å²) in [6.45, 7) is -0.430. The molecule has 0 bridgehead atoms. The zero-order valence-corrected chi connectivity index (χ0v) is 17.0. The third-order valence-corrected chi connectivity index (χ3v) is 5.82. The van der Waals surface area contributed by atoms with Crippen LogP contribution in [0, 0.1) is 0 Å². The molecule has 5 atom stereocenters. The summed E-state index contributed by atoms with van der Waals surface area (Å²) < 4.78 is 12.6. The number of nitrogens with two attached hydrogens (primary N) is 1. The number of nitrogen functional groups attached to an aromatic ring is 1. The zero-order valence-electron chi connectivity index (χ0n) is 16.2. The lowest BCUT2D eigenvalue weighted by molar-refractivity contribution is -0.0548. The van der Waals surface area contributed by atoms with Crippen LogP contribution in [0.1, 0.15) is 6.23 Å². The number of imidazole rings is 1. The van der Waals surface area contributed by atoms with Gasteiger partial charge in [0.1, 0.15) is 37.0 Å². The minimum atomic E-state index is -1.33. The van der Waals surface area contributed by atoms with Crippen LogP contribution < -0.4 is 10.5 Å². The minimum absolute atomic E-state index is 0.0364. The van der Waals surface area contributed by atoms with Gasteiger partial charge in [0.05, 0.1) is 18.9 Å². The van der Waals surface area contributed by atoms with E-state index < -0.39 is 37.3 Å². The number of hydrogen-bond donors (Lipinski definition) is 5. The van der Waals surface area contributed by atoms with Crippen LogP contribution in [0.25, 0.3) is 11.2 Å². The Kier molecular flexibility index (Phi) is 6.50. The van der Waals surface area contributed by atoms with E-state index >= 15 is 0 Å². The molecule has 13 heteroatoms. The Morgan fingerprint density at radius 2 is 2.13 bits per heavy atom. The highest BCUT2D eigenvalue weighted by Crippen LogP contribution is 2.36. The van der Waals surface area contributed by atoms with E-state index in [4.69, 9.17) is 15.2 Å². The van der Waals surface area contributed by atoms with Crippen molar-refractivity contribution in [3.63, 3.8) is 0 Å². The monoisotopic (exact) mass is 450 g/mol. The second-order valence-electron chi connectivity index (χ2n) is 6.89. The molecule has 0 saturated carbocycles. The van der Waals surface area contributed by atoms with Crippen molar-refractivity contribution in [1.82, 2.24) is 24.5 Å². The van der Waals surface area contributed by atoms with Crippen molar-refractivity contribution in [2.45, 2.75) is 35.8 Å². The van der Waals surface area contributed by atoms with Crippen LogP contribution in [0.3, 0.4) is 0 Å². The maximum Gasteiger partial charge on any atom is 0.172 e. The number of rotatable bonds is 8. The molecule has 1 aliphatic rings. The summed E-state index contributed by atoms with van der Waals surface area (Å²) >= 11 is 1.17. The van der Waals surface area contributed by atoms with E-state index in [-0.39, 0.29) is 18.2 Å². The van der Waals surface area contributed by atoms with E-state index in [9.17, 15) is 20.4 Å². The van der Waals surface area contributed by atoms with Crippen LogP contribution in [-0.2, 0) is 4.74 Å². The van der Waals surface area contributed by atoms with Gasteiger partial charge in [-0.15, -0.1) is 0 Å². The normalized spacial score (nSPS) is 24.5. The van der Waals surface area contributed by atoms with Gasteiger partial charge in [0.2, 0.25) is 0 Å². The first-order chi connectivity index (χ1) is 15.0. The molecule has 1 fully saturated rings. The summed E-state index contributed by atoms with van der Waals surface area (Å²) in [7, 11) is 0. The van der Waals surface area contributed by atoms with Crippen LogP contribution in [0.4, 0.5) is 5.82 Å². The number of ether oxygens (including phenoxy) is 2. The number of anilines is 1. The summed E-state index contributed by atoms with van der Waals surface area (Å²) in [5.41, 5.74) is 6.51. The zero-order chi connectivity index (χ0) is 22.0. The molecular formula is C18H22N6O6S. The molecular weight excluding hydrogens is 428 g/mol. The first-order valence-corrected chi connectivity index (χ1v) is 10.4. The van der Waals surface area contributed by atoms with Gasteiger partial charge in [0.15, 0.2) is 28.4 Å². The first kappa shape index (κ1) is 21.7. The number of aliphatic hydroxyl groups is 4. The molecule has 6 N–H and O–H groups in total. The van der Waals surface area contributed by atoms with Gasteiger partial charge < -0.3 is 35.6 Å². The molecule has 12 nitrogen and oxygen atoms in total. The molecule has 0 aromatic carbocycles. The maximum atomic E-state index is 10.5. The van der Waals surface area contributed by atoms with Crippen LogP contribution >= 0.6 is 11.8 Å². The Bertz CT molecular complexity index is 1020. The minimum Gasteiger partial charge on any atom is -0.489 e. The molecule has 0 amide bonds. The van der Waals surface area contributed by atoms with E-state index in [2.05, 4.69) is 19.9 Å². The number of thioether (sulfide) groups is 1. The third-order valence-electron chi connectivity index (χ3n) is 4.73. The maximum absolute atomic E-state index is 10.5. The van der Waals surface area contributed by atoms with Crippen molar-refractivity contribution in [2.75, 3.05) is 24.7 Å². The van der Waals surface area contributed by atoms with Gasteiger partial charge in [-0.3, -0.25) is 9.55 Å². The highest BCUT2D eigenvalue weighted by molar-refractivity contribution is 7.99. The fraction of sp³-hybridized carbons (Fsp3) is 0.444. The molecule has 0 aliphatic carbocycles. The van der Waals surface area contributed by atoms with Crippen LogP contribution in [0.15, 0.2) is 36.0 Å². The summed E-state index contributed by atoms with van der Waals surface area (Å²) in [5.74, 6) is 0.872. The number of aromatic nitrogens is 5. The SMILES string of the molecule is Nc1ncnc2c1nc(SCC(O)COc1cccnc1)n2[C@@H]1O[C@H](CO)[C@@H](O)[C@H]1O. The summed E-state index contributed by atoms with van der Waals surface area (Å²) in [4.78, 5) is 16.5. The molecule has 0 radical (unpaired) electrons. The molecule has 1 aliphatic heterocycles. The largest absolute Gasteiger partial charge is 0.489 e. The second kappa shape index (κ2) is 9.30. The van der Waals surface area contributed by atoms with Crippen LogP contribution in [0.2, 0.25) is 0 Å². The Morgan fingerprint density at radius 1 is 1.29 bits per heavy atom. The van der Waals surface area contributed by atoms with E-state index in [1.54, 1.807) is 24.5 Å². The number of pyridine rings is 1. The van der Waals surface area contributed by atoms with Crippen molar-refractivity contribution in [1.29, 1.82) is 0 Å². The lowest BCUT2D eigenvalue weighted by Gasteiger charge is -2.19. The van der Waals surface area contributed by atoms with Gasteiger partial charge in [-0.1, -0.05) is 11.8 Å². The Balaban J connectivity index is 1.54. The molecule has 0 spiro atoms. The molecule has 4 heterocycles. The van der Waals surface area contributed by atoms with Crippen molar-refractivity contribution < 1.29 is 29.9 Å². The van der Waals surface area contributed by atoms with E-state index in [0.29, 0.717) is 22.1 Å². The highest BCUT2D eigenvalue weighted by Gasteiger charge is 2.45. The van der Waals surface area contributed by atoms with Gasteiger partial charge in [0, 0.05) is 11.9 Å². The van der Waals surface area contributed by atoms with Crippen molar-refractivity contribution in [3.05, 3.63) is 30.9 Å². The van der Waals surface area contributed by atoms with Gasteiger partial charge in [-0.2, -0.15) is 0 Å². The number of nitrogens with zero attached hydrogens (tertiary/aromatic N) is 5. The van der Waals surface area contributed by atoms with Gasteiger partial charge in [0.25, 0.3) is 0 Å². The second-order valence-corrected chi connectivity index (χ2v) is 7.88. The first-order valence-electron chi connectivity index (χ1n) is 9.44. The Labute approximate surface area is 180 Å². The summed E-state index contributed by atoms with van der Waals surface area (Å²) in [6, 6.07) is 3.46. The van der Waals surface area contributed by atoms with E-state index in [0.717, 1.165) is 0 Å². The Morgan fingerprint density at radius 3 is 2.84 bits per heavy atom. The lowest BCUT2D eigenvalue weighted by atomic mass is 10.1. The van der Waals surface area contributed by atoms with Crippen molar-refractivity contribution in [3.8, 4) is 5.75 Å². The standard InChI is InChI=1S/C18H22N6O6S/c19-15-12-16(22-8-21-15)24(17-14(28)13(27)11(5-25)30-17)18(23-12)31-7-9(26)6-29-10-2-1-3-20-4-10/h1-4,8-9,11,13-14,17,25-28H,5-7H2,(H2,19,21,22)/t9?,11-,13-,14-,17-/m1/s1. The topological polar surface area (TPSA) is 182 Å². The van der Waals surface area contributed by atoms with Crippen LogP contribution in [-0.4, -0.2) is 88.3 Å². The molecule has 31 heavy (non-hydrogen) atoms. The fourth-order valence-electron chi connectivity index (χ4n) is 3.17. The average Bonchev–Trinajstić information content (AvgIpc) is 3.29. The van der Waals surface area contributed by atoms with E-state index in [1.165, 1.54) is 22.7 Å². The number of aliphatic hydroxyl groups excluding tert-OH is 4. The highest BCUT2D eigenvalue weighted by atomic mass is 32.2. The van der Waals surface area contributed by atoms with E-state index in [1.807, 2.05) is 0 Å². The third kappa shape index (κ3) is 4.42. The lowest BCUT2D eigenvalue weighted by Crippen LogP contribution is -2.33. The number of fused-ring (bicyclic) bond motifs is 1. The molecule has 3 aromatic heterocycles. The molecule has 1 saturated heterocycles. The predicted octanol–water partition coefficient (Wildman–Crippen LogP) is -1.05. The fourth-order valence-corrected chi connectivity index (χ4v) is 4.10. The van der Waals surface area contributed by atoms with Crippen molar-refractivity contribution >= 4 is 28.7 Å². The summed E-state index contributed by atoms with van der Waals surface area (Å²) in [6.07, 6.45) is -1.06. The predicted molar refractivity (Wildman–Crippen MR) is 109 cm³/mol. The average molecular weight is 450 g/mol. The molecule has 4 rings (SSSR count). The smallest absolute Gasteiger partial charge is 0.172 e. The molecule has 1 unspecified atom stereocenters. The molecule has 166 valence electrons. The number of hydrogen-bond acceptors (Lipinski definition) is 12.